The molecule has 0 amide bonds. The molecule has 0 fully saturated rings. The van der Waals surface area contributed by atoms with Crippen molar-refractivity contribution in [2.75, 3.05) is 6.54 Å². The van der Waals surface area contributed by atoms with Crippen molar-refractivity contribution >= 4 is 11.5 Å². The van der Waals surface area contributed by atoms with Gasteiger partial charge in [-0.05, 0) is 25.2 Å². The van der Waals surface area contributed by atoms with E-state index in [1.807, 2.05) is 0 Å². The van der Waals surface area contributed by atoms with Gasteiger partial charge in [-0.3, -0.25) is 9.79 Å². The number of carbonyl (C=O) groups is 1. The molecule has 1 heterocycles. The Hall–Kier alpha value is -0.660. The summed E-state index contributed by atoms with van der Waals surface area (Å²) in [5, 5.41) is 0. The van der Waals surface area contributed by atoms with E-state index in [0.717, 1.165) is 31.5 Å². The molecule has 0 aromatic heterocycles. The summed E-state index contributed by atoms with van der Waals surface area (Å²) in [7, 11) is 0. The fourth-order valence-corrected chi connectivity index (χ4v) is 1.41. The summed E-state index contributed by atoms with van der Waals surface area (Å²) in [6, 6.07) is 0. The summed E-state index contributed by atoms with van der Waals surface area (Å²) in [6.45, 7) is 5.00. The van der Waals surface area contributed by atoms with Crippen LogP contribution in [0.15, 0.2) is 4.99 Å². The zero-order valence-corrected chi connectivity index (χ0v) is 7.97. The fourth-order valence-electron chi connectivity index (χ4n) is 1.41. The largest absolute Gasteiger partial charge is 0.293 e. The fraction of sp³-hybridized carbons (Fsp3) is 0.800. The standard InChI is InChI=1S/C10H17NO/c1-8(2)7-10(12)9-5-3-4-6-11-9/h8H,3-7H2,1-2H3. The minimum atomic E-state index is 0.268. The van der Waals surface area contributed by atoms with Crippen LogP contribution in [0, 0.1) is 5.92 Å². The van der Waals surface area contributed by atoms with Crippen LogP contribution >= 0.6 is 0 Å². The van der Waals surface area contributed by atoms with Crippen LogP contribution in [0.2, 0.25) is 0 Å². The van der Waals surface area contributed by atoms with Gasteiger partial charge in [0.2, 0.25) is 0 Å². The number of Topliss-reactive ketones (excluding diaryl/α,β-unsaturated/α-hetero) is 1. The van der Waals surface area contributed by atoms with Crippen LogP contribution in [0.1, 0.15) is 39.5 Å². The topological polar surface area (TPSA) is 29.4 Å². The molecule has 0 N–H and O–H groups in total. The van der Waals surface area contributed by atoms with Crippen molar-refractivity contribution in [3.8, 4) is 0 Å². The van der Waals surface area contributed by atoms with E-state index in [0.29, 0.717) is 12.3 Å². The van der Waals surface area contributed by atoms with E-state index >= 15 is 0 Å². The third-order valence-electron chi connectivity index (χ3n) is 2.04. The van der Waals surface area contributed by atoms with E-state index in [9.17, 15) is 4.79 Å². The summed E-state index contributed by atoms with van der Waals surface area (Å²) in [5.74, 6) is 0.729. The second kappa shape index (κ2) is 4.39. The molecule has 12 heavy (non-hydrogen) atoms. The van der Waals surface area contributed by atoms with Crippen molar-refractivity contribution in [1.29, 1.82) is 0 Å². The van der Waals surface area contributed by atoms with Crippen molar-refractivity contribution in [3.05, 3.63) is 0 Å². The first-order chi connectivity index (χ1) is 5.70. The van der Waals surface area contributed by atoms with Crippen LogP contribution in [0.25, 0.3) is 0 Å². The van der Waals surface area contributed by atoms with Gasteiger partial charge in [-0.15, -0.1) is 0 Å². The van der Waals surface area contributed by atoms with E-state index in [1.54, 1.807) is 0 Å². The second-order valence-electron chi connectivity index (χ2n) is 3.81. The monoisotopic (exact) mass is 167 g/mol. The maximum atomic E-state index is 11.5. The molecule has 0 unspecified atom stereocenters. The summed E-state index contributed by atoms with van der Waals surface area (Å²) in [4.78, 5) is 15.7. The Balaban J connectivity index is 2.45. The highest BCUT2D eigenvalue weighted by Gasteiger charge is 2.14. The van der Waals surface area contributed by atoms with Gasteiger partial charge in [0, 0.05) is 13.0 Å². The predicted octanol–water partition coefficient (Wildman–Crippen LogP) is 2.23. The Morgan fingerprint density at radius 2 is 2.25 bits per heavy atom. The summed E-state index contributed by atoms with van der Waals surface area (Å²) >= 11 is 0. The molecule has 0 aromatic rings. The summed E-state index contributed by atoms with van der Waals surface area (Å²) in [5.41, 5.74) is 0.843. The third kappa shape index (κ3) is 2.76. The normalized spacial score (nSPS) is 17.8. The Bertz CT molecular complexity index is 194. The molecule has 0 saturated carbocycles. The van der Waals surface area contributed by atoms with E-state index in [-0.39, 0.29) is 5.78 Å². The lowest BCUT2D eigenvalue weighted by Gasteiger charge is -2.11. The Labute approximate surface area is 74.1 Å². The van der Waals surface area contributed by atoms with Crippen LogP contribution in [0.3, 0.4) is 0 Å². The van der Waals surface area contributed by atoms with Crippen LogP contribution in [-0.2, 0) is 4.79 Å². The minimum absolute atomic E-state index is 0.268. The van der Waals surface area contributed by atoms with E-state index in [1.165, 1.54) is 0 Å². The Morgan fingerprint density at radius 1 is 1.50 bits per heavy atom. The molecule has 0 spiro atoms. The van der Waals surface area contributed by atoms with Crippen molar-refractivity contribution in [2.24, 2.45) is 10.9 Å². The molecule has 1 rings (SSSR count). The SMILES string of the molecule is CC(C)CC(=O)C1=NCCCC1. The molecule has 1 aliphatic rings. The highest BCUT2D eigenvalue weighted by atomic mass is 16.1. The quantitative estimate of drug-likeness (QED) is 0.633. The lowest BCUT2D eigenvalue weighted by atomic mass is 9.99. The van der Waals surface area contributed by atoms with Crippen molar-refractivity contribution in [2.45, 2.75) is 39.5 Å². The van der Waals surface area contributed by atoms with Gasteiger partial charge < -0.3 is 0 Å². The van der Waals surface area contributed by atoms with Crippen LogP contribution in [0.4, 0.5) is 0 Å². The van der Waals surface area contributed by atoms with Crippen LogP contribution in [0.5, 0.6) is 0 Å². The van der Waals surface area contributed by atoms with Gasteiger partial charge in [0.15, 0.2) is 5.78 Å². The molecular weight excluding hydrogens is 150 g/mol. The second-order valence-corrected chi connectivity index (χ2v) is 3.81. The molecule has 1 aliphatic heterocycles. The van der Waals surface area contributed by atoms with E-state index in [4.69, 9.17) is 0 Å². The highest BCUT2D eigenvalue weighted by molar-refractivity contribution is 6.39. The number of hydrogen-bond acceptors (Lipinski definition) is 2. The van der Waals surface area contributed by atoms with Gasteiger partial charge in [-0.1, -0.05) is 13.8 Å². The van der Waals surface area contributed by atoms with Crippen molar-refractivity contribution in [3.63, 3.8) is 0 Å². The molecule has 0 saturated heterocycles. The average molecular weight is 167 g/mol. The Morgan fingerprint density at radius 3 is 2.75 bits per heavy atom. The molecule has 0 atom stereocenters. The van der Waals surface area contributed by atoms with Gasteiger partial charge in [-0.25, -0.2) is 0 Å². The first-order valence-electron chi connectivity index (χ1n) is 4.76. The van der Waals surface area contributed by atoms with E-state index in [2.05, 4.69) is 18.8 Å². The number of carbonyl (C=O) groups excluding carboxylic acids is 1. The van der Waals surface area contributed by atoms with Crippen LogP contribution < -0.4 is 0 Å². The Kier molecular flexibility index (Phi) is 3.45. The zero-order valence-electron chi connectivity index (χ0n) is 7.97. The first-order valence-corrected chi connectivity index (χ1v) is 4.76. The predicted molar refractivity (Wildman–Crippen MR) is 50.6 cm³/mol. The lowest BCUT2D eigenvalue weighted by molar-refractivity contribution is -0.113. The maximum absolute atomic E-state index is 11.5. The smallest absolute Gasteiger partial charge is 0.176 e. The zero-order chi connectivity index (χ0) is 8.97. The van der Waals surface area contributed by atoms with Gasteiger partial charge >= 0.3 is 0 Å². The van der Waals surface area contributed by atoms with Crippen molar-refractivity contribution in [1.82, 2.24) is 0 Å². The molecular formula is C10H17NO. The van der Waals surface area contributed by atoms with Gasteiger partial charge in [0.1, 0.15) is 0 Å². The molecule has 2 heteroatoms. The highest BCUT2D eigenvalue weighted by Crippen LogP contribution is 2.10. The summed E-state index contributed by atoms with van der Waals surface area (Å²) in [6.07, 6.45) is 3.87. The number of rotatable bonds is 3. The minimum Gasteiger partial charge on any atom is -0.293 e. The molecule has 0 bridgehead atoms. The third-order valence-corrected chi connectivity index (χ3v) is 2.04. The van der Waals surface area contributed by atoms with E-state index < -0.39 is 0 Å². The first kappa shape index (κ1) is 9.43. The maximum Gasteiger partial charge on any atom is 0.176 e. The van der Waals surface area contributed by atoms with Gasteiger partial charge in [-0.2, -0.15) is 0 Å². The number of hydrogen-bond donors (Lipinski definition) is 0. The average Bonchev–Trinajstić information content (AvgIpc) is 2.05. The number of nitrogens with zero attached hydrogens (tertiary/aromatic N) is 1. The molecule has 0 radical (unpaired) electrons. The van der Waals surface area contributed by atoms with Crippen molar-refractivity contribution < 1.29 is 4.79 Å². The molecule has 2 nitrogen and oxygen atoms in total. The summed E-state index contributed by atoms with van der Waals surface area (Å²) < 4.78 is 0. The molecule has 0 aromatic carbocycles. The van der Waals surface area contributed by atoms with Gasteiger partial charge in [0.25, 0.3) is 0 Å². The van der Waals surface area contributed by atoms with Gasteiger partial charge in [0.05, 0.1) is 5.71 Å². The molecule has 0 aliphatic carbocycles. The number of ketones is 1. The molecule has 68 valence electrons. The van der Waals surface area contributed by atoms with Crippen LogP contribution in [-0.4, -0.2) is 18.0 Å². The lowest BCUT2D eigenvalue weighted by Crippen LogP contribution is -2.19. The number of aliphatic imine (C=N–C) groups is 1.